The Morgan fingerprint density at radius 1 is 1.43 bits per heavy atom. The van der Waals surface area contributed by atoms with E-state index < -0.39 is 0 Å². The number of Topliss-reactive ketones (excluding diaryl/α,β-unsaturated/α-hetero) is 1. The number of hydrogen-bond acceptors (Lipinski definition) is 4. The first kappa shape index (κ1) is 16.1. The van der Waals surface area contributed by atoms with E-state index in [0.29, 0.717) is 27.3 Å². The molecule has 1 aromatic heterocycles. The third kappa shape index (κ3) is 3.87. The lowest BCUT2D eigenvalue weighted by atomic mass is 10.1. The maximum absolute atomic E-state index is 12.2. The van der Waals surface area contributed by atoms with Crippen molar-refractivity contribution < 1.29 is 4.79 Å². The molecule has 110 valence electrons. The Kier molecular flexibility index (Phi) is 5.45. The highest BCUT2D eigenvalue weighted by atomic mass is 35.5. The lowest BCUT2D eigenvalue weighted by Crippen LogP contribution is -2.06. The van der Waals surface area contributed by atoms with E-state index in [0.717, 1.165) is 5.82 Å². The number of carbonyl (C=O) groups excluding carboxylic acids is 1. The van der Waals surface area contributed by atoms with Gasteiger partial charge in [-0.3, -0.25) is 4.79 Å². The smallest absolute Gasteiger partial charge is 0.191 e. The number of hydrogen-bond donors (Lipinski definition) is 0. The van der Waals surface area contributed by atoms with Gasteiger partial charge in [-0.2, -0.15) is 0 Å². The van der Waals surface area contributed by atoms with Crippen LogP contribution in [0.25, 0.3) is 0 Å². The summed E-state index contributed by atoms with van der Waals surface area (Å²) in [5, 5.41) is 9.61. The van der Waals surface area contributed by atoms with Gasteiger partial charge < -0.3 is 4.57 Å². The first-order valence-corrected chi connectivity index (χ1v) is 7.89. The van der Waals surface area contributed by atoms with Crippen LogP contribution in [0.3, 0.4) is 0 Å². The molecule has 0 fully saturated rings. The lowest BCUT2D eigenvalue weighted by Gasteiger charge is -2.06. The Balaban J connectivity index is 2.09. The molecule has 21 heavy (non-hydrogen) atoms. The van der Waals surface area contributed by atoms with Gasteiger partial charge in [0.1, 0.15) is 5.82 Å². The molecule has 4 nitrogen and oxygen atoms in total. The number of aromatic nitrogens is 3. The predicted octanol–water partition coefficient (Wildman–Crippen LogP) is 4.05. The largest absolute Gasteiger partial charge is 0.302 e. The van der Waals surface area contributed by atoms with Crippen molar-refractivity contribution in [2.75, 3.05) is 5.75 Å². The second-order valence-electron chi connectivity index (χ2n) is 4.27. The summed E-state index contributed by atoms with van der Waals surface area (Å²) in [6.07, 6.45) is 1.76. The quantitative estimate of drug-likeness (QED) is 0.451. The SMILES string of the molecule is C=CCn1c(C)nnc1SCC(=O)c1ccc(Cl)cc1Cl. The van der Waals surface area contributed by atoms with Crippen molar-refractivity contribution in [2.24, 2.45) is 0 Å². The molecule has 0 bridgehead atoms. The molecule has 0 aliphatic carbocycles. The number of carbonyl (C=O) groups is 1. The van der Waals surface area contributed by atoms with E-state index in [1.54, 1.807) is 24.3 Å². The van der Waals surface area contributed by atoms with E-state index in [4.69, 9.17) is 23.2 Å². The summed E-state index contributed by atoms with van der Waals surface area (Å²) in [5.74, 6) is 0.943. The second kappa shape index (κ2) is 7.11. The van der Waals surface area contributed by atoms with Crippen molar-refractivity contribution in [3.05, 3.63) is 52.3 Å². The number of halogens is 2. The molecular formula is C14H13Cl2N3OS. The summed E-state index contributed by atoms with van der Waals surface area (Å²) in [7, 11) is 0. The standard InChI is InChI=1S/C14H13Cl2N3OS/c1-3-6-19-9(2)17-18-14(19)21-8-13(20)11-5-4-10(15)7-12(11)16/h3-5,7H,1,6,8H2,2H3. The molecule has 0 unspecified atom stereocenters. The van der Waals surface area contributed by atoms with E-state index in [2.05, 4.69) is 16.8 Å². The fraction of sp³-hybridized carbons (Fsp3) is 0.214. The van der Waals surface area contributed by atoms with Gasteiger partial charge in [0.2, 0.25) is 0 Å². The topological polar surface area (TPSA) is 47.8 Å². The molecule has 1 heterocycles. The minimum atomic E-state index is -0.0764. The van der Waals surface area contributed by atoms with E-state index >= 15 is 0 Å². The monoisotopic (exact) mass is 341 g/mol. The number of ketones is 1. The first-order valence-electron chi connectivity index (χ1n) is 6.14. The molecule has 1 aromatic carbocycles. The van der Waals surface area contributed by atoms with Crippen LogP contribution >= 0.6 is 35.0 Å². The second-order valence-corrected chi connectivity index (χ2v) is 6.05. The zero-order valence-corrected chi connectivity index (χ0v) is 13.7. The molecule has 2 aromatic rings. The molecule has 0 aliphatic heterocycles. The Bertz CT molecular complexity index is 685. The van der Waals surface area contributed by atoms with Crippen LogP contribution in [-0.2, 0) is 6.54 Å². The van der Waals surface area contributed by atoms with Crippen molar-refractivity contribution in [2.45, 2.75) is 18.6 Å². The maximum atomic E-state index is 12.2. The summed E-state index contributed by atoms with van der Waals surface area (Å²) in [6.45, 7) is 6.17. The van der Waals surface area contributed by atoms with E-state index in [1.165, 1.54) is 11.8 Å². The van der Waals surface area contributed by atoms with E-state index in [-0.39, 0.29) is 11.5 Å². The molecule has 0 aliphatic rings. The van der Waals surface area contributed by atoms with Gasteiger partial charge in [0, 0.05) is 17.1 Å². The molecule has 0 radical (unpaired) electrons. The molecule has 0 amide bonds. The van der Waals surface area contributed by atoms with Gasteiger partial charge in [-0.1, -0.05) is 41.0 Å². The molecular weight excluding hydrogens is 329 g/mol. The highest BCUT2D eigenvalue weighted by molar-refractivity contribution is 7.99. The normalized spacial score (nSPS) is 10.6. The van der Waals surface area contributed by atoms with Crippen LogP contribution < -0.4 is 0 Å². The van der Waals surface area contributed by atoms with Crippen LogP contribution in [0.15, 0.2) is 36.0 Å². The summed E-state index contributed by atoms with van der Waals surface area (Å²) in [4.78, 5) is 12.2. The minimum absolute atomic E-state index is 0.0764. The number of nitrogens with zero attached hydrogens (tertiary/aromatic N) is 3. The minimum Gasteiger partial charge on any atom is -0.302 e. The van der Waals surface area contributed by atoms with Crippen molar-refractivity contribution >= 4 is 40.7 Å². The molecule has 0 saturated carbocycles. The third-order valence-corrected chi connectivity index (χ3v) is 4.29. The zero-order chi connectivity index (χ0) is 15.4. The van der Waals surface area contributed by atoms with Crippen LogP contribution in [0.4, 0.5) is 0 Å². The maximum Gasteiger partial charge on any atom is 0.191 e. The first-order chi connectivity index (χ1) is 10.0. The van der Waals surface area contributed by atoms with Gasteiger partial charge >= 0.3 is 0 Å². The van der Waals surface area contributed by atoms with Crippen molar-refractivity contribution in [3.63, 3.8) is 0 Å². The molecule has 0 spiro atoms. The van der Waals surface area contributed by atoms with Crippen LogP contribution in [-0.4, -0.2) is 26.3 Å². The van der Waals surface area contributed by atoms with Gasteiger partial charge in [0.05, 0.1) is 10.8 Å². The lowest BCUT2D eigenvalue weighted by molar-refractivity contribution is 0.102. The van der Waals surface area contributed by atoms with E-state index in [9.17, 15) is 4.79 Å². The summed E-state index contributed by atoms with van der Waals surface area (Å²) >= 11 is 13.2. The van der Waals surface area contributed by atoms with Crippen molar-refractivity contribution in [1.82, 2.24) is 14.8 Å². The summed E-state index contributed by atoms with van der Waals surface area (Å²) < 4.78 is 1.90. The number of thioether (sulfide) groups is 1. The molecule has 0 atom stereocenters. The number of allylic oxidation sites excluding steroid dienone is 1. The summed E-state index contributed by atoms with van der Waals surface area (Å²) in [5.41, 5.74) is 0.458. The van der Waals surface area contributed by atoms with Crippen LogP contribution in [0.2, 0.25) is 10.0 Å². The summed E-state index contributed by atoms with van der Waals surface area (Å²) in [6, 6.07) is 4.84. The van der Waals surface area contributed by atoms with Crippen LogP contribution in [0.5, 0.6) is 0 Å². The molecule has 0 N–H and O–H groups in total. The van der Waals surface area contributed by atoms with Gasteiger partial charge in [-0.25, -0.2) is 0 Å². The average molecular weight is 342 g/mol. The molecule has 2 rings (SSSR count). The Hall–Kier alpha value is -1.30. The predicted molar refractivity (Wildman–Crippen MR) is 86.5 cm³/mol. The number of benzene rings is 1. The van der Waals surface area contributed by atoms with Crippen LogP contribution in [0.1, 0.15) is 16.2 Å². The van der Waals surface area contributed by atoms with Gasteiger partial charge in [0.25, 0.3) is 0 Å². The third-order valence-electron chi connectivity index (χ3n) is 2.78. The Morgan fingerprint density at radius 2 is 2.19 bits per heavy atom. The molecule has 0 saturated heterocycles. The van der Waals surface area contributed by atoms with Gasteiger partial charge in [-0.05, 0) is 25.1 Å². The van der Waals surface area contributed by atoms with Crippen LogP contribution in [0, 0.1) is 6.92 Å². The highest BCUT2D eigenvalue weighted by Crippen LogP contribution is 2.24. The molecule has 7 heteroatoms. The van der Waals surface area contributed by atoms with Gasteiger partial charge in [0.15, 0.2) is 10.9 Å². The van der Waals surface area contributed by atoms with E-state index in [1.807, 2.05) is 11.5 Å². The van der Waals surface area contributed by atoms with Crippen molar-refractivity contribution in [3.8, 4) is 0 Å². The Morgan fingerprint density at radius 3 is 2.86 bits per heavy atom. The fourth-order valence-corrected chi connectivity index (χ4v) is 3.12. The zero-order valence-electron chi connectivity index (χ0n) is 11.3. The highest BCUT2D eigenvalue weighted by Gasteiger charge is 2.14. The Labute approximate surface area is 137 Å². The van der Waals surface area contributed by atoms with Crippen molar-refractivity contribution in [1.29, 1.82) is 0 Å². The average Bonchev–Trinajstić information content (AvgIpc) is 2.78. The van der Waals surface area contributed by atoms with Gasteiger partial charge in [-0.15, -0.1) is 16.8 Å². The fourth-order valence-electron chi connectivity index (χ4n) is 1.73. The number of aryl methyl sites for hydroxylation is 1. The number of rotatable bonds is 6.